The summed E-state index contributed by atoms with van der Waals surface area (Å²) in [6, 6.07) is 7.38. The van der Waals surface area contributed by atoms with Crippen LogP contribution in [0.25, 0.3) is 0 Å². The van der Waals surface area contributed by atoms with Crippen molar-refractivity contribution in [3.8, 4) is 0 Å². The average molecular weight is 391 g/mol. The van der Waals surface area contributed by atoms with Crippen molar-refractivity contribution in [2.75, 3.05) is 6.54 Å². The molecule has 0 aliphatic carbocycles. The highest BCUT2D eigenvalue weighted by atomic mass is 35.5. The Morgan fingerprint density at radius 1 is 1.37 bits per heavy atom. The van der Waals surface area contributed by atoms with Crippen LogP contribution in [-0.4, -0.2) is 33.4 Å². The number of amides is 2. The maximum absolute atomic E-state index is 12.5. The number of nitrogens with one attached hydrogen (secondary N) is 1. The number of piperidine rings is 1. The summed E-state index contributed by atoms with van der Waals surface area (Å²) in [4.78, 5) is 30.7. The standard InChI is InChI=1S/C19H23ClN4O3/c1-12(2)19-22-16(23-27-19)9-21-18(26)14-5-8-17(25)24(11-14)10-13-3-6-15(20)7-4-13/h3-4,6-7,12,14H,5,8-11H2,1-2H3,(H,21,26)/t14-/m1/s1. The molecule has 0 bridgehead atoms. The first-order valence-corrected chi connectivity index (χ1v) is 9.42. The summed E-state index contributed by atoms with van der Waals surface area (Å²) in [5.74, 6) is 0.876. The van der Waals surface area contributed by atoms with Gasteiger partial charge in [-0.2, -0.15) is 4.98 Å². The lowest BCUT2D eigenvalue weighted by Crippen LogP contribution is -2.45. The minimum atomic E-state index is -0.244. The normalized spacial score (nSPS) is 17.4. The van der Waals surface area contributed by atoms with Crippen molar-refractivity contribution in [3.63, 3.8) is 0 Å². The SMILES string of the molecule is CC(C)c1nc(CNC(=O)[C@@H]2CCC(=O)N(Cc3ccc(Cl)cc3)C2)no1. The fourth-order valence-electron chi connectivity index (χ4n) is 2.98. The molecule has 8 heteroatoms. The van der Waals surface area contributed by atoms with Crippen LogP contribution in [0.15, 0.2) is 28.8 Å². The molecule has 2 amide bonds. The molecule has 3 rings (SSSR count). The molecule has 1 aromatic heterocycles. The summed E-state index contributed by atoms with van der Waals surface area (Å²) in [5.41, 5.74) is 0.988. The molecule has 144 valence electrons. The van der Waals surface area contributed by atoms with Crippen molar-refractivity contribution in [2.45, 2.75) is 45.7 Å². The largest absolute Gasteiger partial charge is 0.348 e. The number of hydrogen-bond donors (Lipinski definition) is 1. The number of hydrogen-bond acceptors (Lipinski definition) is 5. The van der Waals surface area contributed by atoms with Crippen LogP contribution in [0.1, 0.15) is 49.9 Å². The molecular formula is C19H23ClN4O3. The molecule has 2 heterocycles. The van der Waals surface area contributed by atoms with Crippen LogP contribution < -0.4 is 5.32 Å². The van der Waals surface area contributed by atoms with Crippen LogP contribution in [0.2, 0.25) is 5.02 Å². The highest BCUT2D eigenvalue weighted by Gasteiger charge is 2.30. The maximum atomic E-state index is 12.5. The van der Waals surface area contributed by atoms with Gasteiger partial charge in [0.1, 0.15) is 0 Å². The Morgan fingerprint density at radius 2 is 2.11 bits per heavy atom. The number of nitrogens with zero attached hydrogens (tertiary/aromatic N) is 3. The molecule has 7 nitrogen and oxygen atoms in total. The Bertz CT molecular complexity index is 804. The summed E-state index contributed by atoms with van der Waals surface area (Å²) >= 11 is 5.90. The molecule has 1 saturated heterocycles. The predicted molar refractivity (Wildman–Crippen MR) is 99.8 cm³/mol. The fraction of sp³-hybridized carbons (Fsp3) is 0.474. The first-order valence-electron chi connectivity index (χ1n) is 9.04. The van der Waals surface area contributed by atoms with E-state index in [-0.39, 0.29) is 30.2 Å². The summed E-state index contributed by atoms with van der Waals surface area (Å²) in [6.07, 6.45) is 0.913. The molecule has 1 atom stereocenters. The summed E-state index contributed by atoms with van der Waals surface area (Å²) in [6.45, 7) is 5.02. The molecular weight excluding hydrogens is 368 g/mol. The Morgan fingerprint density at radius 3 is 2.78 bits per heavy atom. The quantitative estimate of drug-likeness (QED) is 0.819. The lowest BCUT2D eigenvalue weighted by atomic mass is 9.96. The summed E-state index contributed by atoms with van der Waals surface area (Å²) in [5, 5.41) is 7.37. The van der Waals surface area contributed by atoms with Gasteiger partial charge in [-0.15, -0.1) is 0 Å². The van der Waals surface area contributed by atoms with E-state index in [0.29, 0.717) is 42.7 Å². The van der Waals surface area contributed by atoms with Gasteiger partial charge in [0, 0.05) is 30.5 Å². The van der Waals surface area contributed by atoms with E-state index in [9.17, 15) is 9.59 Å². The van der Waals surface area contributed by atoms with Gasteiger partial charge in [-0.25, -0.2) is 0 Å². The van der Waals surface area contributed by atoms with E-state index >= 15 is 0 Å². The maximum Gasteiger partial charge on any atom is 0.229 e. The van der Waals surface area contributed by atoms with Gasteiger partial charge in [0.15, 0.2) is 5.82 Å². The number of likely N-dealkylation sites (tertiary alicyclic amines) is 1. The zero-order chi connectivity index (χ0) is 19.4. The average Bonchev–Trinajstić information content (AvgIpc) is 3.13. The Balaban J connectivity index is 1.55. The topological polar surface area (TPSA) is 88.3 Å². The van der Waals surface area contributed by atoms with E-state index in [1.54, 1.807) is 17.0 Å². The number of carbonyl (C=O) groups excluding carboxylic acids is 2. The summed E-state index contributed by atoms with van der Waals surface area (Å²) < 4.78 is 5.14. The van der Waals surface area contributed by atoms with E-state index < -0.39 is 0 Å². The minimum Gasteiger partial charge on any atom is -0.348 e. The zero-order valence-corrected chi connectivity index (χ0v) is 16.2. The lowest BCUT2D eigenvalue weighted by molar-refractivity contribution is -0.139. The fourth-order valence-corrected chi connectivity index (χ4v) is 3.10. The first kappa shape index (κ1) is 19.4. The number of carbonyl (C=O) groups is 2. The summed E-state index contributed by atoms with van der Waals surface area (Å²) in [7, 11) is 0. The predicted octanol–water partition coefficient (Wildman–Crippen LogP) is 2.90. The highest BCUT2D eigenvalue weighted by molar-refractivity contribution is 6.30. The molecule has 27 heavy (non-hydrogen) atoms. The molecule has 0 unspecified atom stereocenters. The van der Waals surface area contributed by atoms with E-state index in [0.717, 1.165) is 5.56 Å². The van der Waals surface area contributed by atoms with Crippen LogP contribution >= 0.6 is 11.6 Å². The van der Waals surface area contributed by atoms with Crippen molar-refractivity contribution in [3.05, 3.63) is 46.6 Å². The van der Waals surface area contributed by atoms with Gasteiger partial charge in [-0.3, -0.25) is 9.59 Å². The molecule has 1 aliphatic heterocycles. The van der Waals surface area contributed by atoms with Gasteiger partial charge in [-0.1, -0.05) is 42.7 Å². The first-order chi connectivity index (χ1) is 12.9. The van der Waals surface area contributed by atoms with Gasteiger partial charge in [0.2, 0.25) is 17.7 Å². The Hall–Kier alpha value is -2.41. The number of rotatable bonds is 6. The number of aromatic nitrogens is 2. The van der Waals surface area contributed by atoms with Crippen molar-refractivity contribution in [1.29, 1.82) is 0 Å². The van der Waals surface area contributed by atoms with Crippen molar-refractivity contribution >= 4 is 23.4 Å². The van der Waals surface area contributed by atoms with Gasteiger partial charge >= 0.3 is 0 Å². The van der Waals surface area contributed by atoms with E-state index in [1.165, 1.54) is 0 Å². The minimum absolute atomic E-state index is 0.0637. The second-order valence-corrected chi connectivity index (χ2v) is 7.49. The van der Waals surface area contributed by atoms with Crippen molar-refractivity contribution < 1.29 is 14.1 Å². The van der Waals surface area contributed by atoms with Crippen LogP contribution in [0, 0.1) is 5.92 Å². The zero-order valence-electron chi connectivity index (χ0n) is 15.4. The van der Waals surface area contributed by atoms with Gasteiger partial charge < -0.3 is 14.7 Å². The van der Waals surface area contributed by atoms with Crippen LogP contribution in [0.3, 0.4) is 0 Å². The van der Waals surface area contributed by atoms with E-state index in [1.807, 2.05) is 26.0 Å². The second-order valence-electron chi connectivity index (χ2n) is 7.06. The third-order valence-corrected chi connectivity index (χ3v) is 4.81. The monoisotopic (exact) mass is 390 g/mol. The van der Waals surface area contributed by atoms with E-state index in [4.69, 9.17) is 16.1 Å². The molecule has 1 aliphatic rings. The van der Waals surface area contributed by atoms with Crippen LogP contribution in [0.5, 0.6) is 0 Å². The molecule has 0 spiro atoms. The van der Waals surface area contributed by atoms with Crippen LogP contribution in [-0.2, 0) is 22.7 Å². The molecule has 1 aromatic carbocycles. The third-order valence-electron chi connectivity index (χ3n) is 4.56. The third kappa shape index (κ3) is 5.07. The smallest absolute Gasteiger partial charge is 0.229 e. The lowest BCUT2D eigenvalue weighted by Gasteiger charge is -2.32. The molecule has 0 saturated carbocycles. The Kier molecular flexibility index (Phi) is 6.11. The van der Waals surface area contributed by atoms with Gasteiger partial charge in [0.25, 0.3) is 0 Å². The Labute approximate surface area is 163 Å². The van der Waals surface area contributed by atoms with Crippen molar-refractivity contribution in [2.24, 2.45) is 5.92 Å². The molecule has 2 aromatic rings. The molecule has 1 N–H and O–H groups in total. The van der Waals surface area contributed by atoms with Crippen LogP contribution in [0.4, 0.5) is 0 Å². The highest BCUT2D eigenvalue weighted by Crippen LogP contribution is 2.21. The van der Waals surface area contributed by atoms with Gasteiger partial charge in [0.05, 0.1) is 12.5 Å². The van der Waals surface area contributed by atoms with Gasteiger partial charge in [-0.05, 0) is 24.1 Å². The number of benzene rings is 1. The molecule has 1 fully saturated rings. The number of halogens is 1. The molecule has 0 radical (unpaired) electrons. The van der Waals surface area contributed by atoms with E-state index in [2.05, 4.69) is 15.5 Å². The second kappa shape index (κ2) is 8.52. The van der Waals surface area contributed by atoms with Crippen molar-refractivity contribution in [1.82, 2.24) is 20.4 Å².